The molecule has 0 aliphatic rings. The van der Waals surface area contributed by atoms with Crippen LogP contribution in [0.5, 0.6) is 5.75 Å². The average molecular weight is 342 g/mol. The van der Waals surface area contributed by atoms with Crippen LogP contribution in [0, 0.1) is 6.92 Å². The minimum Gasteiger partial charge on any atom is -0.494 e. The first-order chi connectivity index (χ1) is 12.1. The number of nitrogens with one attached hydrogen (secondary N) is 2. The zero-order valence-electron chi connectivity index (χ0n) is 15.1. The minimum absolute atomic E-state index is 0.170. The van der Waals surface area contributed by atoms with Crippen LogP contribution in [0.25, 0.3) is 0 Å². The largest absolute Gasteiger partial charge is 0.494 e. The molecule has 0 radical (unpaired) electrons. The van der Waals surface area contributed by atoms with Gasteiger partial charge in [-0.1, -0.05) is 19.8 Å². The average Bonchev–Trinajstić information content (AvgIpc) is 2.60. The summed E-state index contributed by atoms with van der Waals surface area (Å²) in [5, 5.41) is 6.03. The van der Waals surface area contributed by atoms with E-state index in [-0.39, 0.29) is 5.91 Å². The summed E-state index contributed by atoms with van der Waals surface area (Å²) in [6, 6.07) is 9.23. The van der Waals surface area contributed by atoms with Gasteiger partial charge in [0.1, 0.15) is 11.4 Å². The first-order valence-corrected chi connectivity index (χ1v) is 8.76. The van der Waals surface area contributed by atoms with E-state index in [0.29, 0.717) is 24.8 Å². The Balaban J connectivity index is 2.03. The molecule has 0 bridgehead atoms. The van der Waals surface area contributed by atoms with Crippen LogP contribution in [0.2, 0.25) is 0 Å². The molecule has 2 aromatic rings. The van der Waals surface area contributed by atoms with E-state index in [1.54, 1.807) is 6.07 Å². The SMILES string of the molecule is CCCCCNC(=O)c1cc(C)nc(Nc2ccc(OCC)cc2)n1. The number of aryl methyl sites for hydroxylation is 1. The fourth-order valence-electron chi connectivity index (χ4n) is 2.34. The highest BCUT2D eigenvalue weighted by Crippen LogP contribution is 2.18. The fraction of sp³-hybridized carbons (Fsp3) is 0.421. The quantitative estimate of drug-likeness (QED) is 0.677. The highest BCUT2D eigenvalue weighted by Gasteiger charge is 2.10. The second-order valence-corrected chi connectivity index (χ2v) is 5.76. The molecular weight excluding hydrogens is 316 g/mol. The molecular formula is C19H26N4O2. The number of anilines is 2. The predicted molar refractivity (Wildman–Crippen MR) is 99.5 cm³/mol. The molecule has 6 nitrogen and oxygen atoms in total. The molecule has 0 aliphatic heterocycles. The molecule has 0 fully saturated rings. The third kappa shape index (κ3) is 6.06. The summed E-state index contributed by atoms with van der Waals surface area (Å²) in [6.45, 7) is 7.22. The van der Waals surface area contributed by atoms with Crippen LogP contribution in [0.1, 0.15) is 49.3 Å². The maximum Gasteiger partial charge on any atom is 0.270 e. The molecule has 25 heavy (non-hydrogen) atoms. The van der Waals surface area contributed by atoms with E-state index in [9.17, 15) is 4.79 Å². The number of carbonyl (C=O) groups excluding carboxylic acids is 1. The van der Waals surface area contributed by atoms with Crippen molar-refractivity contribution in [3.8, 4) is 5.75 Å². The lowest BCUT2D eigenvalue weighted by atomic mass is 10.2. The summed E-state index contributed by atoms with van der Waals surface area (Å²) < 4.78 is 5.42. The van der Waals surface area contributed by atoms with Gasteiger partial charge in [0.15, 0.2) is 0 Å². The molecule has 1 aromatic heterocycles. The zero-order valence-corrected chi connectivity index (χ0v) is 15.1. The maximum atomic E-state index is 12.2. The minimum atomic E-state index is -0.170. The molecule has 1 amide bonds. The van der Waals surface area contributed by atoms with Crippen LogP contribution in [0.4, 0.5) is 11.6 Å². The van der Waals surface area contributed by atoms with Gasteiger partial charge < -0.3 is 15.4 Å². The third-order valence-corrected chi connectivity index (χ3v) is 3.57. The Kier molecular flexibility index (Phi) is 7.19. The molecule has 0 aliphatic carbocycles. The third-order valence-electron chi connectivity index (χ3n) is 3.57. The van der Waals surface area contributed by atoms with Crippen molar-refractivity contribution in [2.24, 2.45) is 0 Å². The van der Waals surface area contributed by atoms with Crippen LogP contribution in [0.3, 0.4) is 0 Å². The molecule has 0 saturated carbocycles. The topological polar surface area (TPSA) is 76.1 Å². The van der Waals surface area contributed by atoms with E-state index in [0.717, 1.165) is 36.4 Å². The fourth-order valence-corrected chi connectivity index (χ4v) is 2.34. The van der Waals surface area contributed by atoms with Crippen molar-refractivity contribution in [3.05, 3.63) is 41.7 Å². The molecule has 0 atom stereocenters. The molecule has 134 valence electrons. The first-order valence-electron chi connectivity index (χ1n) is 8.76. The number of carbonyl (C=O) groups is 1. The lowest BCUT2D eigenvalue weighted by molar-refractivity contribution is 0.0948. The van der Waals surface area contributed by atoms with Gasteiger partial charge in [-0.25, -0.2) is 9.97 Å². The van der Waals surface area contributed by atoms with Crippen LogP contribution in [-0.2, 0) is 0 Å². The normalized spacial score (nSPS) is 10.4. The monoisotopic (exact) mass is 342 g/mol. The van der Waals surface area contributed by atoms with E-state index in [2.05, 4.69) is 27.5 Å². The first kappa shape index (κ1) is 18.7. The number of ether oxygens (including phenoxy) is 1. The van der Waals surface area contributed by atoms with Crippen molar-refractivity contribution in [2.45, 2.75) is 40.0 Å². The molecule has 0 unspecified atom stereocenters. The summed E-state index contributed by atoms with van der Waals surface area (Å²) >= 11 is 0. The second kappa shape index (κ2) is 9.61. The summed E-state index contributed by atoms with van der Waals surface area (Å²) in [7, 11) is 0. The lowest BCUT2D eigenvalue weighted by Gasteiger charge is -2.09. The molecule has 2 N–H and O–H groups in total. The number of rotatable bonds is 9. The molecule has 1 heterocycles. The van der Waals surface area contributed by atoms with Gasteiger partial charge in [0, 0.05) is 17.9 Å². The van der Waals surface area contributed by atoms with Crippen LogP contribution in [0.15, 0.2) is 30.3 Å². The second-order valence-electron chi connectivity index (χ2n) is 5.76. The standard InChI is InChI=1S/C19H26N4O2/c1-4-6-7-12-20-18(24)17-13-14(3)21-19(23-17)22-15-8-10-16(11-9-15)25-5-2/h8-11,13H,4-7,12H2,1-3H3,(H,20,24)(H,21,22,23). The van der Waals surface area contributed by atoms with E-state index in [4.69, 9.17) is 4.74 Å². The summed E-state index contributed by atoms with van der Waals surface area (Å²) in [5.74, 6) is 1.05. The smallest absolute Gasteiger partial charge is 0.270 e. The van der Waals surface area contributed by atoms with Crippen molar-refractivity contribution >= 4 is 17.5 Å². The number of hydrogen-bond acceptors (Lipinski definition) is 5. The van der Waals surface area contributed by atoms with Crippen LogP contribution in [-0.4, -0.2) is 29.0 Å². The molecule has 2 rings (SSSR count). The van der Waals surface area contributed by atoms with E-state index in [1.807, 2.05) is 38.1 Å². The summed E-state index contributed by atoms with van der Waals surface area (Å²) in [6.07, 6.45) is 3.20. The highest BCUT2D eigenvalue weighted by molar-refractivity contribution is 5.92. The Bertz CT molecular complexity index is 686. The number of unbranched alkanes of at least 4 members (excludes halogenated alkanes) is 2. The van der Waals surface area contributed by atoms with Gasteiger partial charge in [0.25, 0.3) is 5.91 Å². The summed E-state index contributed by atoms with van der Waals surface area (Å²) in [5.41, 5.74) is 1.95. The number of amides is 1. The highest BCUT2D eigenvalue weighted by atomic mass is 16.5. The van der Waals surface area contributed by atoms with Gasteiger partial charge in [-0.3, -0.25) is 4.79 Å². The van der Waals surface area contributed by atoms with Crippen molar-refractivity contribution in [1.29, 1.82) is 0 Å². The Hall–Kier alpha value is -2.63. The van der Waals surface area contributed by atoms with E-state index in [1.165, 1.54) is 0 Å². The van der Waals surface area contributed by atoms with Crippen LogP contribution < -0.4 is 15.4 Å². The predicted octanol–water partition coefficient (Wildman–Crippen LogP) is 3.85. The Labute approximate surface area is 149 Å². The van der Waals surface area contributed by atoms with Gasteiger partial charge in [0.2, 0.25) is 5.95 Å². The number of nitrogens with zero attached hydrogens (tertiary/aromatic N) is 2. The van der Waals surface area contributed by atoms with Gasteiger partial charge >= 0.3 is 0 Å². The molecule has 0 spiro atoms. The van der Waals surface area contributed by atoms with E-state index >= 15 is 0 Å². The van der Waals surface area contributed by atoms with Gasteiger partial charge in [-0.15, -0.1) is 0 Å². The Morgan fingerprint density at radius 1 is 1.12 bits per heavy atom. The Morgan fingerprint density at radius 3 is 2.56 bits per heavy atom. The lowest BCUT2D eigenvalue weighted by Crippen LogP contribution is -2.25. The van der Waals surface area contributed by atoms with Crippen molar-refractivity contribution < 1.29 is 9.53 Å². The van der Waals surface area contributed by atoms with Gasteiger partial charge in [-0.05, 0) is 50.6 Å². The maximum absolute atomic E-state index is 12.2. The zero-order chi connectivity index (χ0) is 18.1. The number of hydrogen-bond donors (Lipinski definition) is 2. The van der Waals surface area contributed by atoms with E-state index < -0.39 is 0 Å². The number of benzene rings is 1. The van der Waals surface area contributed by atoms with Crippen LogP contribution >= 0.6 is 0 Å². The van der Waals surface area contributed by atoms with Crippen molar-refractivity contribution in [1.82, 2.24) is 15.3 Å². The van der Waals surface area contributed by atoms with Gasteiger partial charge in [-0.2, -0.15) is 0 Å². The van der Waals surface area contributed by atoms with Gasteiger partial charge in [0.05, 0.1) is 6.61 Å². The molecule has 1 aromatic carbocycles. The summed E-state index contributed by atoms with van der Waals surface area (Å²) in [4.78, 5) is 20.9. The van der Waals surface area contributed by atoms with Crippen molar-refractivity contribution in [2.75, 3.05) is 18.5 Å². The molecule has 0 saturated heterocycles. The Morgan fingerprint density at radius 2 is 1.88 bits per heavy atom. The number of aromatic nitrogens is 2. The van der Waals surface area contributed by atoms with Crippen molar-refractivity contribution in [3.63, 3.8) is 0 Å². The molecule has 6 heteroatoms.